The van der Waals surface area contributed by atoms with Crippen LogP contribution in [0.1, 0.15) is 48.5 Å². The fourth-order valence-corrected chi connectivity index (χ4v) is 2.79. The minimum atomic E-state index is -2.53. The number of rotatable bonds is 2. The van der Waals surface area contributed by atoms with Crippen molar-refractivity contribution in [1.29, 1.82) is 0 Å². The van der Waals surface area contributed by atoms with E-state index in [1.54, 1.807) is 0 Å². The van der Waals surface area contributed by atoms with Crippen LogP contribution in [0.15, 0.2) is 18.2 Å². The summed E-state index contributed by atoms with van der Waals surface area (Å²) in [6, 6.07) is 5.90. The van der Waals surface area contributed by atoms with Gasteiger partial charge in [0.05, 0.1) is 6.10 Å². The van der Waals surface area contributed by atoms with Crippen LogP contribution in [0.3, 0.4) is 0 Å². The third kappa shape index (κ3) is 2.89. The molecule has 0 radical (unpaired) electrons. The molecule has 1 atom stereocenters. The van der Waals surface area contributed by atoms with Gasteiger partial charge in [0.2, 0.25) is 5.92 Å². The van der Waals surface area contributed by atoms with Crippen molar-refractivity contribution in [1.82, 2.24) is 0 Å². The molecule has 1 saturated carbocycles. The topological polar surface area (TPSA) is 20.2 Å². The van der Waals surface area contributed by atoms with Crippen molar-refractivity contribution >= 4 is 0 Å². The summed E-state index contributed by atoms with van der Waals surface area (Å²) in [5.74, 6) is -2.57. The second-order valence-corrected chi connectivity index (χ2v) is 5.50. The molecule has 1 aromatic carbocycles. The first kappa shape index (κ1) is 13.5. The molecule has 1 aliphatic rings. The third-order valence-corrected chi connectivity index (χ3v) is 3.95. The molecule has 100 valence electrons. The average Bonchev–Trinajstić information content (AvgIpc) is 2.28. The van der Waals surface area contributed by atoms with Crippen molar-refractivity contribution in [3.8, 4) is 0 Å². The zero-order valence-corrected chi connectivity index (χ0v) is 10.9. The molecule has 1 unspecified atom stereocenters. The van der Waals surface area contributed by atoms with Gasteiger partial charge in [0.1, 0.15) is 0 Å². The number of aliphatic hydroxyl groups excluding tert-OH is 1. The predicted octanol–water partition coefficient (Wildman–Crippen LogP) is 4.16. The van der Waals surface area contributed by atoms with Crippen LogP contribution in [0.5, 0.6) is 0 Å². The van der Waals surface area contributed by atoms with E-state index < -0.39 is 12.0 Å². The maximum absolute atomic E-state index is 13.1. The Kier molecular flexibility index (Phi) is 3.71. The Morgan fingerprint density at radius 3 is 2.39 bits per heavy atom. The van der Waals surface area contributed by atoms with Crippen LogP contribution in [0.25, 0.3) is 0 Å². The van der Waals surface area contributed by atoms with Gasteiger partial charge in [-0.1, -0.05) is 23.8 Å². The second-order valence-electron chi connectivity index (χ2n) is 5.50. The van der Waals surface area contributed by atoms with Gasteiger partial charge in [-0.2, -0.15) is 0 Å². The molecule has 0 amide bonds. The van der Waals surface area contributed by atoms with Gasteiger partial charge >= 0.3 is 0 Å². The van der Waals surface area contributed by atoms with Crippen LogP contribution in [-0.2, 0) is 0 Å². The molecule has 3 heteroatoms. The number of hydrogen-bond donors (Lipinski definition) is 1. The summed E-state index contributed by atoms with van der Waals surface area (Å²) in [6.45, 7) is 3.97. The lowest BCUT2D eigenvalue weighted by Gasteiger charge is -2.32. The van der Waals surface area contributed by atoms with Crippen molar-refractivity contribution < 1.29 is 13.9 Å². The molecular formula is C15H20F2O. The van der Waals surface area contributed by atoms with E-state index in [9.17, 15) is 13.9 Å². The summed E-state index contributed by atoms with van der Waals surface area (Å²) in [4.78, 5) is 0. The van der Waals surface area contributed by atoms with Crippen molar-refractivity contribution in [2.24, 2.45) is 5.92 Å². The molecule has 0 heterocycles. The minimum Gasteiger partial charge on any atom is -0.388 e. The Morgan fingerprint density at radius 1 is 1.22 bits per heavy atom. The zero-order chi connectivity index (χ0) is 13.3. The summed E-state index contributed by atoms with van der Waals surface area (Å²) in [5.41, 5.74) is 3.08. The summed E-state index contributed by atoms with van der Waals surface area (Å²) in [6.07, 6.45) is 0.00379. The molecule has 0 aliphatic heterocycles. The van der Waals surface area contributed by atoms with Crippen LogP contribution in [-0.4, -0.2) is 11.0 Å². The lowest BCUT2D eigenvalue weighted by molar-refractivity contribution is -0.0627. The normalized spacial score (nSPS) is 21.8. The van der Waals surface area contributed by atoms with E-state index in [4.69, 9.17) is 0 Å². The quantitative estimate of drug-likeness (QED) is 0.840. The Hall–Kier alpha value is -0.960. The molecule has 2 rings (SSSR count). The Morgan fingerprint density at radius 2 is 1.83 bits per heavy atom. The van der Waals surface area contributed by atoms with Crippen LogP contribution < -0.4 is 0 Å². The number of benzene rings is 1. The molecule has 1 aromatic rings. The van der Waals surface area contributed by atoms with E-state index in [1.807, 2.05) is 32.0 Å². The molecule has 1 aliphatic carbocycles. The number of alkyl halides is 2. The van der Waals surface area contributed by atoms with Crippen LogP contribution in [0.4, 0.5) is 8.78 Å². The zero-order valence-electron chi connectivity index (χ0n) is 10.9. The highest BCUT2D eigenvalue weighted by molar-refractivity contribution is 5.32. The third-order valence-electron chi connectivity index (χ3n) is 3.95. The van der Waals surface area contributed by atoms with Gasteiger partial charge in [0.15, 0.2) is 0 Å². The number of halogens is 2. The molecule has 18 heavy (non-hydrogen) atoms. The van der Waals surface area contributed by atoms with E-state index in [-0.39, 0.29) is 18.8 Å². The fraction of sp³-hybridized carbons (Fsp3) is 0.600. The lowest BCUT2D eigenvalue weighted by Crippen LogP contribution is -2.28. The first-order valence-electron chi connectivity index (χ1n) is 6.52. The summed E-state index contributed by atoms with van der Waals surface area (Å²) >= 11 is 0. The van der Waals surface area contributed by atoms with E-state index in [0.29, 0.717) is 12.8 Å². The molecule has 0 bridgehead atoms. The Balaban J connectivity index is 2.10. The smallest absolute Gasteiger partial charge is 0.248 e. The first-order valence-corrected chi connectivity index (χ1v) is 6.52. The maximum Gasteiger partial charge on any atom is 0.248 e. The van der Waals surface area contributed by atoms with Gasteiger partial charge in [-0.05, 0) is 43.7 Å². The van der Waals surface area contributed by atoms with Crippen molar-refractivity contribution in [2.45, 2.75) is 51.6 Å². The standard InChI is InChI=1S/C15H20F2O/c1-10-3-4-13(11(2)9-10)14(18)12-5-7-15(16,17)8-6-12/h3-4,9,12,14,18H,5-8H2,1-2H3. The van der Waals surface area contributed by atoms with Crippen LogP contribution in [0, 0.1) is 19.8 Å². The monoisotopic (exact) mass is 254 g/mol. The number of aliphatic hydroxyl groups is 1. The Labute approximate surface area is 107 Å². The van der Waals surface area contributed by atoms with Crippen molar-refractivity contribution in [3.63, 3.8) is 0 Å². The van der Waals surface area contributed by atoms with Gasteiger partial charge in [0.25, 0.3) is 0 Å². The van der Waals surface area contributed by atoms with E-state index in [1.165, 1.54) is 0 Å². The van der Waals surface area contributed by atoms with Gasteiger partial charge in [-0.3, -0.25) is 0 Å². The number of aryl methyl sites for hydroxylation is 2. The fourth-order valence-electron chi connectivity index (χ4n) is 2.79. The van der Waals surface area contributed by atoms with E-state index >= 15 is 0 Å². The summed E-state index contributed by atoms with van der Waals surface area (Å²) in [5, 5.41) is 10.3. The van der Waals surface area contributed by atoms with Crippen molar-refractivity contribution in [2.75, 3.05) is 0 Å². The molecule has 1 fully saturated rings. The van der Waals surface area contributed by atoms with Gasteiger partial charge in [-0.15, -0.1) is 0 Å². The summed E-state index contributed by atoms with van der Waals surface area (Å²) < 4.78 is 26.2. The average molecular weight is 254 g/mol. The highest BCUT2D eigenvalue weighted by atomic mass is 19.3. The highest BCUT2D eigenvalue weighted by Gasteiger charge is 2.37. The van der Waals surface area contributed by atoms with Crippen molar-refractivity contribution in [3.05, 3.63) is 34.9 Å². The molecule has 1 nitrogen and oxygen atoms in total. The Bertz CT molecular complexity index is 419. The summed E-state index contributed by atoms with van der Waals surface area (Å²) in [7, 11) is 0. The molecule has 1 N–H and O–H groups in total. The van der Waals surface area contributed by atoms with Crippen LogP contribution >= 0.6 is 0 Å². The molecule has 0 saturated heterocycles. The minimum absolute atomic E-state index is 0.0361. The largest absolute Gasteiger partial charge is 0.388 e. The van der Waals surface area contributed by atoms with E-state index in [2.05, 4.69) is 0 Å². The van der Waals surface area contributed by atoms with Gasteiger partial charge < -0.3 is 5.11 Å². The molecule has 0 spiro atoms. The van der Waals surface area contributed by atoms with E-state index in [0.717, 1.165) is 16.7 Å². The second kappa shape index (κ2) is 4.96. The first-order chi connectivity index (χ1) is 8.39. The van der Waals surface area contributed by atoms with Gasteiger partial charge in [-0.25, -0.2) is 8.78 Å². The highest BCUT2D eigenvalue weighted by Crippen LogP contribution is 2.41. The molecule has 0 aromatic heterocycles. The lowest BCUT2D eigenvalue weighted by atomic mass is 9.80. The molecular weight excluding hydrogens is 234 g/mol. The predicted molar refractivity (Wildman–Crippen MR) is 67.8 cm³/mol. The maximum atomic E-state index is 13.1. The number of hydrogen-bond acceptors (Lipinski definition) is 1. The van der Waals surface area contributed by atoms with Crippen LogP contribution in [0.2, 0.25) is 0 Å². The van der Waals surface area contributed by atoms with Gasteiger partial charge in [0, 0.05) is 12.8 Å². The SMILES string of the molecule is Cc1ccc(C(O)C2CCC(F)(F)CC2)c(C)c1.